The second kappa shape index (κ2) is 7.31. The minimum atomic E-state index is -0.416. The van der Waals surface area contributed by atoms with Crippen molar-refractivity contribution in [2.45, 2.75) is 19.8 Å². The summed E-state index contributed by atoms with van der Waals surface area (Å²) >= 11 is 0. The van der Waals surface area contributed by atoms with Crippen molar-refractivity contribution in [3.63, 3.8) is 0 Å². The highest BCUT2D eigenvalue weighted by Crippen LogP contribution is 2.21. The van der Waals surface area contributed by atoms with Gasteiger partial charge in [0.15, 0.2) is 5.43 Å². The van der Waals surface area contributed by atoms with E-state index in [0.29, 0.717) is 28.5 Å². The maximum Gasteiger partial charge on any atom is 0.338 e. The van der Waals surface area contributed by atoms with Gasteiger partial charge in [0.05, 0.1) is 12.2 Å². The molecule has 126 valence electrons. The molecule has 0 aliphatic heterocycles. The molecular formula is C22H20O3. The maximum absolute atomic E-state index is 12.8. The summed E-state index contributed by atoms with van der Waals surface area (Å²) < 4.78 is 5.22. The van der Waals surface area contributed by atoms with Crippen LogP contribution in [0.3, 0.4) is 0 Å². The molecule has 0 aromatic heterocycles. The van der Waals surface area contributed by atoms with Crippen LogP contribution in [0, 0.1) is 0 Å². The van der Waals surface area contributed by atoms with E-state index in [0.717, 1.165) is 23.6 Å². The van der Waals surface area contributed by atoms with Crippen molar-refractivity contribution in [2.75, 3.05) is 6.61 Å². The molecule has 3 nitrogen and oxygen atoms in total. The lowest BCUT2D eigenvalue weighted by atomic mass is 10.0. The smallest absolute Gasteiger partial charge is 0.338 e. The molecule has 0 saturated heterocycles. The highest BCUT2D eigenvalue weighted by molar-refractivity contribution is 6.16. The first-order valence-corrected chi connectivity index (χ1v) is 8.44. The van der Waals surface area contributed by atoms with Crippen molar-refractivity contribution >= 4 is 33.1 Å². The van der Waals surface area contributed by atoms with E-state index in [4.69, 9.17) is 4.74 Å². The molecule has 0 atom stereocenters. The molecule has 0 saturated carbocycles. The van der Waals surface area contributed by atoms with Gasteiger partial charge in [-0.3, -0.25) is 4.79 Å². The highest BCUT2D eigenvalue weighted by atomic mass is 16.5. The second-order valence-corrected chi connectivity index (χ2v) is 6.02. The molecular weight excluding hydrogens is 312 g/mol. The van der Waals surface area contributed by atoms with Crippen molar-refractivity contribution in [3.05, 3.63) is 77.0 Å². The molecule has 3 aromatic carbocycles. The van der Waals surface area contributed by atoms with Crippen LogP contribution in [-0.2, 0) is 9.53 Å². The fourth-order valence-electron chi connectivity index (χ4n) is 2.78. The number of hydrogen-bond acceptors (Lipinski definition) is 3. The molecule has 0 fully saturated rings. The van der Waals surface area contributed by atoms with Gasteiger partial charge in [0.25, 0.3) is 0 Å². The van der Waals surface area contributed by atoms with E-state index in [1.165, 1.54) is 0 Å². The van der Waals surface area contributed by atoms with Gasteiger partial charge in [0.2, 0.25) is 0 Å². The Bertz CT molecular complexity index is 1020. The Morgan fingerprint density at radius 1 is 1.00 bits per heavy atom. The van der Waals surface area contributed by atoms with E-state index in [2.05, 4.69) is 6.58 Å². The Hall–Kier alpha value is -2.94. The van der Waals surface area contributed by atoms with Gasteiger partial charge >= 0.3 is 5.97 Å². The van der Waals surface area contributed by atoms with Crippen LogP contribution < -0.4 is 5.43 Å². The Labute approximate surface area is 146 Å². The first-order valence-electron chi connectivity index (χ1n) is 8.44. The minimum Gasteiger partial charge on any atom is -0.462 e. The lowest BCUT2D eigenvalue weighted by Crippen LogP contribution is -2.07. The average molecular weight is 332 g/mol. The van der Waals surface area contributed by atoms with Gasteiger partial charge in [-0.1, -0.05) is 62.4 Å². The lowest BCUT2D eigenvalue weighted by molar-refractivity contribution is -0.136. The number of carbonyl (C=O) groups is 1. The van der Waals surface area contributed by atoms with Crippen LogP contribution in [0.2, 0.25) is 0 Å². The molecule has 3 rings (SSSR count). The standard InChI is InChI=1S/C22H20O3/c1-3-4-13-25-22(24)15(2)17-11-12-20-18(14-17)10-9-16-7-5-6-8-19(16)21(20)23/h5-12,14H,2-4,13H2,1H3. The molecule has 3 aromatic rings. The molecule has 0 amide bonds. The highest BCUT2D eigenvalue weighted by Gasteiger charge is 2.12. The van der Waals surface area contributed by atoms with E-state index >= 15 is 0 Å². The van der Waals surface area contributed by atoms with Crippen molar-refractivity contribution in [3.8, 4) is 0 Å². The van der Waals surface area contributed by atoms with Gasteiger partial charge in [-0.2, -0.15) is 0 Å². The van der Waals surface area contributed by atoms with E-state index in [-0.39, 0.29) is 5.43 Å². The van der Waals surface area contributed by atoms with Crippen LogP contribution >= 0.6 is 0 Å². The fraction of sp³-hybridized carbons (Fsp3) is 0.182. The van der Waals surface area contributed by atoms with Crippen LogP contribution in [0.25, 0.3) is 27.1 Å². The normalized spacial score (nSPS) is 10.8. The van der Waals surface area contributed by atoms with Crippen LogP contribution in [0.4, 0.5) is 0 Å². The number of rotatable bonds is 5. The maximum atomic E-state index is 12.8. The molecule has 25 heavy (non-hydrogen) atoms. The fourth-order valence-corrected chi connectivity index (χ4v) is 2.78. The van der Waals surface area contributed by atoms with Gasteiger partial charge in [-0.15, -0.1) is 0 Å². The molecule has 3 heteroatoms. The lowest BCUT2D eigenvalue weighted by Gasteiger charge is -2.07. The van der Waals surface area contributed by atoms with Crippen LogP contribution in [0.5, 0.6) is 0 Å². The first-order chi connectivity index (χ1) is 12.1. The number of benzene rings is 2. The van der Waals surface area contributed by atoms with E-state index in [1.54, 1.807) is 12.1 Å². The third-order valence-corrected chi connectivity index (χ3v) is 4.27. The van der Waals surface area contributed by atoms with Gasteiger partial charge < -0.3 is 4.74 Å². The number of ether oxygens (including phenoxy) is 1. The van der Waals surface area contributed by atoms with Crippen LogP contribution in [-0.4, -0.2) is 12.6 Å². The summed E-state index contributed by atoms with van der Waals surface area (Å²) in [7, 11) is 0. The number of unbranched alkanes of at least 4 members (excludes halogenated alkanes) is 1. The Balaban J connectivity index is 2.03. The van der Waals surface area contributed by atoms with Gasteiger partial charge in [-0.05, 0) is 34.9 Å². The quantitative estimate of drug-likeness (QED) is 0.386. The van der Waals surface area contributed by atoms with Crippen molar-refractivity contribution in [2.24, 2.45) is 0 Å². The summed E-state index contributed by atoms with van der Waals surface area (Å²) in [5.41, 5.74) is 0.962. The van der Waals surface area contributed by atoms with E-state index in [9.17, 15) is 9.59 Å². The summed E-state index contributed by atoms with van der Waals surface area (Å²) in [6.07, 6.45) is 1.80. The third-order valence-electron chi connectivity index (χ3n) is 4.27. The minimum absolute atomic E-state index is 0.0155. The van der Waals surface area contributed by atoms with Crippen LogP contribution in [0.15, 0.2) is 66.0 Å². The predicted molar refractivity (Wildman–Crippen MR) is 103 cm³/mol. The Morgan fingerprint density at radius 2 is 1.72 bits per heavy atom. The average Bonchev–Trinajstić information content (AvgIpc) is 2.78. The second-order valence-electron chi connectivity index (χ2n) is 6.02. The van der Waals surface area contributed by atoms with E-state index < -0.39 is 5.97 Å². The zero-order chi connectivity index (χ0) is 17.8. The number of fused-ring (bicyclic) bond motifs is 2. The molecule has 0 unspecified atom stereocenters. The molecule has 0 aliphatic carbocycles. The number of esters is 1. The third kappa shape index (κ3) is 3.45. The summed E-state index contributed by atoms with van der Waals surface area (Å²) in [5.74, 6) is -0.416. The summed E-state index contributed by atoms with van der Waals surface area (Å²) in [4.78, 5) is 24.9. The zero-order valence-corrected chi connectivity index (χ0v) is 14.2. The molecule has 0 aliphatic rings. The monoisotopic (exact) mass is 332 g/mol. The van der Waals surface area contributed by atoms with Crippen molar-refractivity contribution < 1.29 is 9.53 Å². The topological polar surface area (TPSA) is 43.4 Å². The first kappa shape index (κ1) is 16.9. The van der Waals surface area contributed by atoms with E-state index in [1.807, 2.05) is 49.4 Å². The summed E-state index contributed by atoms with van der Waals surface area (Å²) in [5, 5.41) is 2.98. The van der Waals surface area contributed by atoms with Crippen molar-refractivity contribution in [1.82, 2.24) is 0 Å². The molecule has 0 bridgehead atoms. The van der Waals surface area contributed by atoms with Crippen molar-refractivity contribution in [1.29, 1.82) is 0 Å². The number of hydrogen-bond donors (Lipinski definition) is 0. The Morgan fingerprint density at radius 3 is 2.52 bits per heavy atom. The summed E-state index contributed by atoms with van der Waals surface area (Å²) in [6.45, 7) is 6.28. The largest absolute Gasteiger partial charge is 0.462 e. The van der Waals surface area contributed by atoms with Gasteiger partial charge in [0, 0.05) is 10.8 Å². The number of carbonyl (C=O) groups excluding carboxylic acids is 1. The molecule has 0 N–H and O–H groups in total. The Kier molecular flexibility index (Phi) is 4.94. The molecule has 0 spiro atoms. The van der Waals surface area contributed by atoms with Crippen LogP contribution in [0.1, 0.15) is 25.3 Å². The SMILES string of the molecule is C=C(C(=O)OCCCC)c1ccc2c(=O)c3ccccc3ccc2c1. The summed E-state index contributed by atoms with van der Waals surface area (Å²) in [6, 6.07) is 16.7. The van der Waals surface area contributed by atoms with Gasteiger partial charge in [0.1, 0.15) is 0 Å². The predicted octanol–water partition coefficient (Wildman–Crippen LogP) is 4.71. The zero-order valence-electron chi connectivity index (χ0n) is 14.2. The van der Waals surface area contributed by atoms with Gasteiger partial charge in [-0.25, -0.2) is 4.79 Å². The molecule has 0 radical (unpaired) electrons. The molecule has 0 heterocycles.